The maximum atomic E-state index is 13.5. The number of benzene rings is 1. The number of carbonyl (C=O) groups excluding carboxylic acids is 2. The number of imide groups is 1. The molecule has 4 aliphatic rings. The second-order valence-corrected chi connectivity index (χ2v) is 8.54. The molecule has 1 aliphatic carbocycles. The lowest BCUT2D eigenvalue weighted by Gasteiger charge is -2.46. The molecule has 3 saturated heterocycles. The summed E-state index contributed by atoms with van der Waals surface area (Å²) in [5.41, 5.74) is 0.685. The average molecular weight is 338 g/mol. The van der Waals surface area contributed by atoms with Gasteiger partial charge < -0.3 is 0 Å². The van der Waals surface area contributed by atoms with E-state index in [0.717, 1.165) is 43.8 Å². The van der Waals surface area contributed by atoms with Crippen molar-refractivity contribution < 1.29 is 9.59 Å². The van der Waals surface area contributed by atoms with Crippen LogP contribution in [0.4, 0.5) is 5.69 Å². The molecular formula is C21H26N2O2. The quantitative estimate of drug-likeness (QED) is 0.738. The second-order valence-electron chi connectivity index (χ2n) is 8.54. The van der Waals surface area contributed by atoms with Crippen LogP contribution < -0.4 is 4.90 Å². The molecule has 0 radical (unpaired) electrons. The summed E-state index contributed by atoms with van der Waals surface area (Å²) in [6.45, 7) is 3.39. The summed E-state index contributed by atoms with van der Waals surface area (Å²) < 4.78 is 0. The first-order chi connectivity index (χ1) is 12.1. The van der Waals surface area contributed by atoms with Gasteiger partial charge in [0.15, 0.2) is 0 Å². The fourth-order valence-electron chi connectivity index (χ4n) is 6.23. The van der Waals surface area contributed by atoms with Gasteiger partial charge in [0.1, 0.15) is 0 Å². The first-order valence-electron chi connectivity index (χ1n) is 9.83. The molecule has 0 N–H and O–H groups in total. The smallest absolute Gasteiger partial charge is 0.239 e. The average Bonchev–Trinajstić information content (AvgIpc) is 3.26. The van der Waals surface area contributed by atoms with Crippen LogP contribution in [-0.4, -0.2) is 34.8 Å². The van der Waals surface area contributed by atoms with Crippen molar-refractivity contribution in [3.8, 4) is 0 Å². The number of rotatable bonds is 1. The fraction of sp³-hybridized carbons (Fsp3) is 0.619. The maximum Gasteiger partial charge on any atom is 0.239 e. The minimum Gasteiger partial charge on any atom is -0.293 e. The van der Waals surface area contributed by atoms with Gasteiger partial charge >= 0.3 is 0 Å². The van der Waals surface area contributed by atoms with E-state index in [4.69, 9.17) is 0 Å². The highest BCUT2D eigenvalue weighted by molar-refractivity contribution is 6.23. The molecule has 1 saturated carbocycles. The van der Waals surface area contributed by atoms with E-state index in [1.807, 2.05) is 30.3 Å². The van der Waals surface area contributed by atoms with Crippen molar-refractivity contribution in [2.75, 3.05) is 11.4 Å². The van der Waals surface area contributed by atoms with Crippen LogP contribution in [0.25, 0.3) is 0 Å². The molecule has 1 aromatic rings. The molecular weight excluding hydrogens is 312 g/mol. The molecule has 4 heteroatoms. The molecule has 2 amide bonds. The monoisotopic (exact) mass is 338 g/mol. The van der Waals surface area contributed by atoms with Gasteiger partial charge in [0.25, 0.3) is 0 Å². The molecule has 4 nitrogen and oxygen atoms in total. The Morgan fingerprint density at radius 2 is 1.72 bits per heavy atom. The topological polar surface area (TPSA) is 40.6 Å². The number of hydrogen-bond donors (Lipinski definition) is 0. The molecule has 3 aliphatic heterocycles. The third kappa shape index (κ3) is 1.97. The Bertz CT molecular complexity index is 708. The molecule has 3 heterocycles. The summed E-state index contributed by atoms with van der Waals surface area (Å²) in [6, 6.07) is 9.80. The van der Waals surface area contributed by atoms with E-state index < -0.39 is 0 Å². The molecule has 0 unspecified atom stereocenters. The van der Waals surface area contributed by atoms with Crippen LogP contribution in [0.2, 0.25) is 0 Å². The molecule has 0 bridgehead atoms. The van der Waals surface area contributed by atoms with E-state index in [1.54, 1.807) is 0 Å². The summed E-state index contributed by atoms with van der Waals surface area (Å²) in [6.07, 6.45) is 6.75. The number of nitrogens with zero attached hydrogens (tertiary/aromatic N) is 2. The zero-order valence-corrected chi connectivity index (χ0v) is 14.9. The predicted molar refractivity (Wildman–Crippen MR) is 96.0 cm³/mol. The van der Waals surface area contributed by atoms with Gasteiger partial charge in [-0.3, -0.25) is 14.5 Å². The van der Waals surface area contributed by atoms with Gasteiger partial charge in [0, 0.05) is 11.6 Å². The molecule has 25 heavy (non-hydrogen) atoms. The number of fused-ring (bicyclic) bond motifs is 5. The van der Waals surface area contributed by atoms with Gasteiger partial charge in [-0.25, -0.2) is 4.90 Å². The van der Waals surface area contributed by atoms with Crippen molar-refractivity contribution in [2.24, 2.45) is 17.8 Å². The summed E-state index contributed by atoms with van der Waals surface area (Å²) in [5.74, 6) is 0.600. The molecule has 0 aromatic heterocycles. The summed E-state index contributed by atoms with van der Waals surface area (Å²) in [5, 5.41) is 0. The molecule has 4 fully saturated rings. The Balaban J connectivity index is 1.58. The number of para-hydroxylation sites is 1. The first kappa shape index (κ1) is 15.6. The Hall–Kier alpha value is -1.68. The van der Waals surface area contributed by atoms with Crippen LogP contribution in [0.3, 0.4) is 0 Å². The van der Waals surface area contributed by atoms with Gasteiger partial charge in [-0.1, -0.05) is 25.1 Å². The highest BCUT2D eigenvalue weighted by Crippen LogP contribution is 2.58. The SMILES string of the molecule is CC1CCC2(CC1)[C@@H]1C(=O)N(c3ccccc3)C(=O)[C@H]1[C@H]1CCCN12. The zero-order valence-electron chi connectivity index (χ0n) is 14.9. The normalized spacial score (nSPS) is 40.8. The number of anilines is 1. The number of carbonyl (C=O) groups is 2. The second kappa shape index (κ2) is 5.41. The Kier molecular flexibility index (Phi) is 3.37. The minimum atomic E-state index is -0.127. The van der Waals surface area contributed by atoms with Crippen LogP contribution >= 0.6 is 0 Å². The van der Waals surface area contributed by atoms with Gasteiger partial charge in [-0.2, -0.15) is 0 Å². The van der Waals surface area contributed by atoms with Crippen molar-refractivity contribution >= 4 is 17.5 Å². The first-order valence-corrected chi connectivity index (χ1v) is 9.83. The Morgan fingerprint density at radius 3 is 2.44 bits per heavy atom. The Labute approximate surface area is 149 Å². The molecule has 5 rings (SSSR count). The van der Waals surface area contributed by atoms with E-state index in [9.17, 15) is 9.59 Å². The Morgan fingerprint density at radius 1 is 1.00 bits per heavy atom. The molecule has 1 spiro atoms. The van der Waals surface area contributed by atoms with E-state index in [-0.39, 0.29) is 35.2 Å². The summed E-state index contributed by atoms with van der Waals surface area (Å²) in [4.78, 5) is 30.9. The number of hydrogen-bond acceptors (Lipinski definition) is 3. The highest BCUT2D eigenvalue weighted by Gasteiger charge is 2.69. The lowest BCUT2D eigenvalue weighted by molar-refractivity contribution is -0.125. The van der Waals surface area contributed by atoms with Gasteiger partial charge in [0.2, 0.25) is 11.8 Å². The van der Waals surface area contributed by atoms with E-state index in [1.165, 1.54) is 17.7 Å². The van der Waals surface area contributed by atoms with E-state index >= 15 is 0 Å². The lowest BCUT2D eigenvalue weighted by Crippen LogP contribution is -2.54. The third-order valence-corrected chi connectivity index (χ3v) is 7.37. The van der Waals surface area contributed by atoms with Crippen LogP contribution in [0.5, 0.6) is 0 Å². The maximum absolute atomic E-state index is 13.5. The molecule has 3 atom stereocenters. The van der Waals surface area contributed by atoms with Crippen LogP contribution in [0.15, 0.2) is 30.3 Å². The number of amides is 2. The standard InChI is InChI=1S/C21H26N2O2/c1-14-9-11-21(12-10-14)18-17(16-8-5-13-22(16)21)19(24)23(20(18)25)15-6-3-2-4-7-15/h2-4,6-7,14,16-18H,5,8-13H2,1H3/t14?,16-,17+,18+,21?/m1/s1. The van der Waals surface area contributed by atoms with Crippen LogP contribution in [0.1, 0.15) is 45.4 Å². The van der Waals surface area contributed by atoms with Gasteiger partial charge in [-0.15, -0.1) is 0 Å². The van der Waals surface area contributed by atoms with Gasteiger partial charge in [0.05, 0.1) is 17.5 Å². The lowest BCUT2D eigenvalue weighted by atomic mass is 9.68. The van der Waals surface area contributed by atoms with Crippen molar-refractivity contribution in [1.82, 2.24) is 4.90 Å². The predicted octanol–water partition coefficient (Wildman–Crippen LogP) is 3.22. The van der Waals surface area contributed by atoms with Crippen molar-refractivity contribution in [2.45, 2.75) is 57.0 Å². The molecule has 132 valence electrons. The largest absolute Gasteiger partial charge is 0.293 e. The summed E-state index contributed by atoms with van der Waals surface area (Å²) in [7, 11) is 0. The highest BCUT2D eigenvalue weighted by atomic mass is 16.2. The van der Waals surface area contributed by atoms with Gasteiger partial charge in [-0.05, 0) is 63.1 Å². The minimum absolute atomic E-state index is 0.0496. The van der Waals surface area contributed by atoms with Crippen molar-refractivity contribution in [3.05, 3.63) is 30.3 Å². The zero-order chi connectivity index (χ0) is 17.2. The summed E-state index contributed by atoms with van der Waals surface area (Å²) >= 11 is 0. The van der Waals surface area contributed by atoms with Crippen molar-refractivity contribution in [3.63, 3.8) is 0 Å². The third-order valence-electron chi connectivity index (χ3n) is 7.37. The fourth-order valence-corrected chi connectivity index (χ4v) is 6.23. The molecule has 1 aromatic carbocycles. The van der Waals surface area contributed by atoms with Crippen LogP contribution in [0, 0.1) is 17.8 Å². The van der Waals surface area contributed by atoms with Crippen LogP contribution in [-0.2, 0) is 9.59 Å². The van der Waals surface area contributed by atoms with Crippen molar-refractivity contribution in [1.29, 1.82) is 0 Å². The van der Waals surface area contributed by atoms with E-state index in [2.05, 4.69) is 11.8 Å². The van der Waals surface area contributed by atoms with E-state index in [0.29, 0.717) is 0 Å².